The molecule has 0 aliphatic carbocycles. The van der Waals surface area contributed by atoms with Crippen LogP contribution in [0.3, 0.4) is 0 Å². The molecule has 1 aliphatic rings. The largest absolute Gasteiger partial charge is 0.378 e. The normalized spacial score (nSPS) is 21.7. The van der Waals surface area contributed by atoms with Crippen LogP contribution in [0.1, 0.15) is 37.2 Å². The quantitative estimate of drug-likeness (QED) is 0.823. The number of aromatic nitrogens is 2. The topological polar surface area (TPSA) is 76.1 Å². The Morgan fingerprint density at radius 1 is 1.45 bits per heavy atom. The van der Waals surface area contributed by atoms with E-state index < -0.39 is 0 Å². The van der Waals surface area contributed by atoms with E-state index in [0.717, 1.165) is 26.0 Å². The lowest BCUT2D eigenvalue weighted by atomic mass is 10.00. The highest BCUT2D eigenvalue weighted by molar-refractivity contribution is 5.92. The van der Waals surface area contributed by atoms with Crippen molar-refractivity contribution in [2.75, 3.05) is 25.0 Å². The van der Waals surface area contributed by atoms with Gasteiger partial charge in [0.05, 0.1) is 18.5 Å². The van der Waals surface area contributed by atoms with Crippen LogP contribution < -0.4 is 10.6 Å². The fourth-order valence-electron chi connectivity index (χ4n) is 2.43. The van der Waals surface area contributed by atoms with E-state index in [4.69, 9.17) is 4.74 Å². The van der Waals surface area contributed by atoms with Crippen LogP contribution in [-0.2, 0) is 4.74 Å². The van der Waals surface area contributed by atoms with Crippen LogP contribution in [0.4, 0.5) is 5.82 Å². The van der Waals surface area contributed by atoms with E-state index in [2.05, 4.69) is 27.5 Å². The molecule has 6 heteroatoms. The van der Waals surface area contributed by atoms with Gasteiger partial charge in [0, 0.05) is 25.6 Å². The van der Waals surface area contributed by atoms with E-state index >= 15 is 0 Å². The molecule has 0 bridgehead atoms. The second-order valence-corrected chi connectivity index (χ2v) is 4.90. The first-order valence-electron chi connectivity index (χ1n) is 7.20. The Kier molecular flexibility index (Phi) is 5.29. The maximum Gasteiger partial charge on any atom is 0.271 e. The highest BCUT2D eigenvalue weighted by Crippen LogP contribution is 2.22. The number of hydrogen-bond donors (Lipinski definition) is 2. The van der Waals surface area contributed by atoms with Gasteiger partial charge in [0.15, 0.2) is 0 Å². The summed E-state index contributed by atoms with van der Waals surface area (Å²) < 4.78 is 5.61. The van der Waals surface area contributed by atoms with E-state index in [9.17, 15) is 4.79 Å². The molecule has 0 radical (unpaired) electrons. The molecule has 1 aliphatic heterocycles. The number of hydrogen-bond acceptors (Lipinski definition) is 5. The first-order chi connectivity index (χ1) is 9.74. The predicted octanol–water partition coefficient (Wildman–Crippen LogP) is 1.45. The van der Waals surface area contributed by atoms with Crippen molar-refractivity contribution in [2.24, 2.45) is 5.92 Å². The van der Waals surface area contributed by atoms with Crippen LogP contribution in [0.2, 0.25) is 0 Å². The third-order valence-corrected chi connectivity index (χ3v) is 3.50. The van der Waals surface area contributed by atoms with Crippen molar-refractivity contribution in [2.45, 2.75) is 32.8 Å². The van der Waals surface area contributed by atoms with Gasteiger partial charge in [-0.15, -0.1) is 0 Å². The fraction of sp³-hybridized carbons (Fsp3) is 0.643. The first-order valence-corrected chi connectivity index (χ1v) is 7.20. The molecule has 1 amide bonds. The molecule has 1 aromatic heterocycles. The van der Waals surface area contributed by atoms with Crippen molar-refractivity contribution in [3.05, 3.63) is 18.1 Å². The summed E-state index contributed by atoms with van der Waals surface area (Å²) in [5.74, 6) is 0.837. The number of rotatable bonds is 6. The Bertz CT molecular complexity index is 453. The molecule has 1 aromatic rings. The van der Waals surface area contributed by atoms with Gasteiger partial charge in [-0.2, -0.15) is 0 Å². The SMILES string of the molecule is CCNc1cncc(C(=O)NCC2CCOC2CC)n1. The van der Waals surface area contributed by atoms with Crippen molar-refractivity contribution in [3.63, 3.8) is 0 Å². The zero-order valence-electron chi connectivity index (χ0n) is 12.1. The molecule has 0 spiro atoms. The average molecular weight is 278 g/mol. The predicted molar refractivity (Wildman–Crippen MR) is 76.7 cm³/mol. The Hall–Kier alpha value is -1.69. The van der Waals surface area contributed by atoms with E-state index in [-0.39, 0.29) is 12.0 Å². The van der Waals surface area contributed by atoms with Crippen LogP contribution in [0.5, 0.6) is 0 Å². The minimum Gasteiger partial charge on any atom is -0.378 e. The third kappa shape index (κ3) is 3.66. The smallest absolute Gasteiger partial charge is 0.271 e. The Labute approximate surface area is 119 Å². The van der Waals surface area contributed by atoms with Crippen LogP contribution in [0.15, 0.2) is 12.4 Å². The Balaban J connectivity index is 1.89. The molecule has 2 N–H and O–H groups in total. The lowest BCUT2D eigenvalue weighted by Gasteiger charge is -2.17. The fourth-order valence-corrected chi connectivity index (χ4v) is 2.43. The summed E-state index contributed by atoms with van der Waals surface area (Å²) in [7, 11) is 0. The molecule has 2 atom stereocenters. The number of carbonyl (C=O) groups is 1. The van der Waals surface area contributed by atoms with Gasteiger partial charge in [-0.25, -0.2) is 4.98 Å². The van der Waals surface area contributed by atoms with Gasteiger partial charge in [0.2, 0.25) is 0 Å². The molecule has 2 heterocycles. The monoisotopic (exact) mass is 278 g/mol. The molecule has 2 unspecified atom stereocenters. The number of ether oxygens (including phenoxy) is 1. The summed E-state index contributed by atoms with van der Waals surface area (Å²) in [6.07, 6.45) is 5.34. The first kappa shape index (κ1) is 14.7. The minimum atomic E-state index is -0.181. The molecule has 6 nitrogen and oxygen atoms in total. The molecular weight excluding hydrogens is 256 g/mol. The van der Waals surface area contributed by atoms with Crippen LogP contribution >= 0.6 is 0 Å². The molecule has 1 saturated heterocycles. The number of nitrogens with one attached hydrogen (secondary N) is 2. The lowest BCUT2D eigenvalue weighted by Crippen LogP contribution is -2.33. The van der Waals surface area contributed by atoms with E-state index in [1.165, 1.54) is 6.20 Å². The van der Waals surface area contributed by atoms with Gasteiger partial charge in [-0.05, 0) is 19.8 Å². The standard InChI is InChI=1S/C14H22N4O2/c1-3-12-10(5-6-20-12)7-17-14(19)11-8-15-9-13(18-11)16-4-2/h8-10,12H,3-7H2,1-2H3,(H,16,18)(H,17,19). The Morgan fingerprint density at radius 2 is 2.30 bits per heavy atom. The second kappa shape index (κ2) is 7.19. The van der Waals surface area contributed by atoms with Gasteiger partial charge in [-0.1, -0.05) is 6.92 Å². The summed E-state index contributed by atoms with van der Waals surface area (Å²) in [6, 6.07) is 0. The lowest BCUT2D eigenvalue weighted by molar-refractivity contribution is 0.0825. The summed E-state index contributed by atoms with van der Waals surface area (Å²) in [4.78, 5) is 20.3. The number of amides is 1. The molecular formula is C14H22N4O2. The van der Waals surface area contributed by atoms with Crippen molar-refractivity contribution in [1.82, 2.24) is 15.3 Å². The molecule has 0 saturated carbocycles. The minimum absolute atomic E-state index is 0.181. The van der Waals surface area contributed by atoms with Gasteiger partial charge in [0.1, 0.15) is 11.5 Å². The molecule has 0 aromatic carbocycles. The van der Waals surface area contributed by atoms with Gasteiger partial charge in [0.25, 0.3) is 5.91 Å². The van der Waals surface area contributed by atoms with E-state index in [0.29, 0.717) is 24.0 Å². The molecule has 20 heavy (non-hydrogen) atoms. The summed E-state index contributed by atoms with van der Waals surface area (Å²) in [5, 5.41) is 5.97. The summed E-state index contributed by atoms with van der Waals surface area (Å²) in [5.41, 5.74) is 0.343. The number of anilines is 1. The average Bonchev–Trinajstić information content (AvgIpc) is 2.93. The summed E-state index contributed by atoms with van der Waals surface area (Å²) >= 11 is 0. The van der Waals surface area contributed by atoms with Crippen molar-refractivity contribution in [3.8, 4) is 0 Å². The third-order valence-electron chi connectivity index (χ3n) is 3.50. The van der Waals surface area contributed by atoms with Crippen molar-refractivity contribution < 1.29 is 9.53 Å². The van der Waals surface area contributed by atoms with Crippen LogP contribution in [0, 0.1) is 5.92 Å². The van der Waals surface area contributed by atoms with Gasteiger partial charge in [-0.3, -0.25) is 9.78 Å². The second-order valence-electron chi connectivity index (χ2n) is 4.90. The van der Waals surface area contributed by atoms with Crippen molar-refractivity contribution in [1.29, 1.82) is 0 Å². The highest BCUT2D eigenvalue weighted by atomic mass is 16.5. The number of nitrogens with zero attached hydrogens (tertiary/aromatic N) is 2. The summed E-state index contributed by atoms with van der Waals surface area (Å²) in [6.45, 7) is 6.24. The highest BCUT2D eigenvalue weighted by Gasteiger charge is 2.27. The number of carbonyl (C=O) groups excluding carboxylic acids is 1. The molecule has 1 fully saturated rings. The van der Waals surface area contributed by atoms with Gasteiger partial charge < -0.3 is 15.4 Å². The van der Waals surface area contributed by atoms with Crippen molar-refractivity contribution >= 4 is 11.7 Å². The van der Waals surface area contributed by atoms with Crippen LogP contribution in [0.25, 0.3) is 0 Å². The van der Waals surface area contributed by atoms with Crippen LogP contribution in [-0.4, -0.2) is 41.7 Å². The van der Waals surface area contributed by atoms with E-state index in [1.54, 1.807) is 6.20 Å². The van der Waals surface area contributed by atoms with Gasteiger partial charge >= 0.3 is 0 Å². The maximum absolute atomic E-state index is 12.1. The molecule has 110 valence electrons. The zero-order chi connectivity index (χ0) is 14.4. The molecule has 2 rings (SSSR count). The van der Waals surface area contributed by atoms with E-state index in [1.807, 2.05) is 6.92 Å². The zero-order valence-corrected chi connectivity index (χ0v) is 12.1. The maximum atomic E-state index is 12.1. The Morgan fingerprint density at radius 3 is 3.05 bits per heavy atom.